The monoisotopic (exact) mass is 318 g/mol. The van der Waals surface area contributed by atoms with E-state index in [2.05, 4.69) is 4.98 Å². The molecule has 0 fully saturated rings. The number of fused-ring (bicyclic) bond motifs is 1. The first-order valence-electron chi connectivity index (χ1n) is 6.78. The van der Waals surface area contributed by atoms with Gasteiger partial charge in [0.05, 0.1) is 10.9 Å². The smallest absolute Gasteiger partial charge is 0.270 e. The maximum absolute atomic E-state index is 12.6. The minimum Gasteiger partial charge on any atom is -0.351 e. The first kappa shape index (κ1) is 14.2. The van der Waals surface area contributed by atoms with Gasteiger partial charge in [-0.05, 0) is 31.2 Å². The molecule has 0 unspecified atom stereocenters. The lowest BCUT2D eigenvalue weighted by Gasteiger charge is -2.19. The van der Waals surface area contributed by atoms with E-state index in [1.54, 1.807) is 0 Å². The minimum atomic E-state index is 0.0122. The summed E-state index contributed by atoms with van der Waals surface area (Å²) in [6.07, 6.45) is 0. The number of benzene rings is 1. The van der Waals surface area contributed by atoms with Gasteiger partial charge in [-0.3, -0.25) is 4.79 Å². The van der Waals surface area contributed by atoms with Crippen LogP contribution < -0.4 is 0 Å². The van der Waals surface area contributed by atoms with Crippen molar-refractivity contribution in [2.45, 2.75) is 13.5 Å². The number of amides is 1. The van der Waals surface area contributed by atoms with Crippen LogP contribution in [0.4, 0.5) is 0 Å². The summed E-state index contributed by atoms with van der Waals surface area (Å²) in [5, 5.41) is 1.05. The third-order valence-electron chi connectivity index (χ3n) is 3.40. The van der Waals surface area contributed by atoms with Crippen LogP contribution in [0.15, 0.2) is 42.5 Å². The second-order valence-corrected chi connectivity index (χ2v) is 6.60. The molecular weight excluding hydrogens is 304 g/mol. The van der Waals surface area contributed by atoms with Gasteiger partial charge in [-0.2, -0.15) is 0 Å². The Kier molecular flexibility index (Phi) is 3.99. The number of rotatable bonds is 4. The van der Waals surface area contributed by atoms with E-state index in [0.29, 0.717) is 18.8 Å². The Balaban J connectivity index is 1.84. The van der Waals surface area contributed by atoms with Crippen LogP contribution in [0, 0.1) is 0 Å². The zero-order valence-corrected chi connectivity index (χ0v) is 13.2. The molecule has 3 rings (SSSR count). The highest BCUT2D eigenvalue weighted by molar-refractivity contribution is 7.16. The molecule has 3 aromatic rings. The van der Waals surface area contributed by atoms with Crippen LogP contribution in [0.1, 0.15) is 22.3 Å². The Morgan fingerprint density at radius 2 is 2.10 bits per heavy atom. The molecule has 1 aromatic carbocycles. The summed E-state index contributed by atoms with van der Waals surface area (Å²) in [5.74, 6) is 0.0122. The summed E-state index contributed by atoms with van der Waals surface area (Å²) in [5.41, 5.74) is 1.61. The number of hydrogen-bond donors (Lipinski definition) is 1. The predicted octanol–water partition coefficient (Wildman–Crippen LogP) is 4.55. The number of carbonyl (C=O) groups is 1. The van der Waals surface area contributed by atoms with Gasteiger partial charge in [-0.15, -0.1) is 11.3 Å². The number of halogens is 1. The Morgan fingerprint density at radius 3 is 2.76 bits per heavy atom. The largest absolute Gasteiger partial charge is 0.351 e. The fraction of sp³-hybridized carbons (Fsp3) is 0.188. The van der Waals surface area contributed by atoms with Gasteiger partial charge in [0, 0.05) is 22.3 Å². The molecule has 0 aliphatic heterocycles. The standard InChI is InChI=1S/C16H15ClN2OS/c1-2-19(10-12-7-8-15(17)21-12)16(20)14-9-11-5-3-4-6-13(11)18-14/h3-9,18H,2,10H2,1H3. The van der Waals surface area contributed by atoms with E-state index < -0.39 is 0 Å². The second kappa shape index (κ2) is 5.92. The first-order chi connectivity index (χ1) is 10.2. The quantitative estimate of drug-likeness (QED) is 0.753. The zero-order chi connectivity index (χ0) is 14.8. The maximum Gasteiger partial charge on any atom is 0.270 e. The summed E-state index contributed by atoms with van der Waals surface area (Å²) in [7, 11) is 0. The Hall–Kier alpha value is -1.78. The fourth-order valence-corrected chi connectivity index (χ4v) is 3.41. The highest BCUT2D eigenvalue weighted by Crippen LogP contribution is 2.23. The lowest BCUT2D eigenvalue weighted by molar-refractivity contribution is 0.0749. The molecule has 0 aliphatic rings. The van der Waals surface area contributed by atoms with Crippen LogP contribution in [0.3, 0.4) is 0 Å². The number of para-hydroxylation sites is 1. The van der Waals surface area contributed by atoms with Gasteiger partial charge in [0.2, 0.25) is 0 Å². The number of aromatic amines is 1. The molecule has 3 nitrogen and oxygen atoms in total. The Morgan fingerprint density at radius 1 is 1.29 bits per heavy atom. The molecule has 0 spiro atoms. The van der Waals surface area contributed by atoms with Crippen LogP contribution in [-0.2, 0) is 6.54 Å². The molecule has 2 heterocycles. The molecule has 0 saturated carbocycles. The summed E-state index contributed by atoms with van der Waals surface area (Å²) in [4.78, 5) is 18.7. The average molecular weight is 319 g/mol. The highest BCUT2D eigenvalue weighted by Gasteiger charge is 2.17. The van der Waals surface area contributed by atoms with Crippen LogP contribution in [0.2, 0.25) is 4.34 Å². The van der Waals surface area contributed by atoms with Gasteiger partial charge in [-0.25, -0.2) is 0 Å². The van der Waals surface area contributed by atoms with Crippen molar-refractivity contribution in [3.8, 4) is 0 Å². The van der Waals surface area contributed by atoms with Crippen molar-refractivity contribution in [1.82, 2.24) is 9.88 Å². The van der Waals surface area contributed by atoms with Crippen molar-refractivity contribution in [2.75, 3.05) is 6.54 Å². The number of thiophene rings is 1. The molecule has 1 N–H and O–H groups in total. The van der Waals surface area contributed by atoms with E-state index in [4.69, 9.17) is 11.6 Å². The molecule has 0 bridgehead atoms. The van der Waals surface area contributed by atoms with Gasteiger partial charge in [0.15, 0.2) is 0 Å². The lowest BCUT2D eigenvalue weighted by atomic mass is 10.2. The third kappa shape index (κ3) is 2.96. The average Bonchev–Trinajstić information content (AvgIpc) is 3.09. The summed E-state index contributed by atoms with van der Waals surface area (Å²) < 4.78 is 0.749. The number of carbonyl (C=O) groups excluding carboxylic acids is 1. The van der Waals surface area contributed by atoms with Crippen molar-refractivity contribution in [3.63, 3.8) is 0 Å². The fourth-order valence-electron chi connectivity index (χ4n) is 2.31. The number of hydrogen-bond acceptors (Lipinski definition) is 2. The van der Waals surface area contributed by atoms with Crippen molar-refractivity contribution < 1.29 is 4.79 Å². The minimum absolute atomic E-state index is 0.0122. The van der Waals surface area contributed by atoms with Crippen molar-refractivity contribution in [2.24, 2.45) is 0 Å². The van der Waals surface area contributed by atoms with Crippen molar-refractivity contribution in [3.05, 3.63) is 57.4 Å². The topological polar surface area (TPSA) is 36.1 Å². The normalized spacial score (nSPS) is 11.0. The molecule has 1 amide bonds. The highest BCUT2D eigenvalue weighted by atomic mass is 35.5. The van der Waals surface area contributed by atoms with Gasteiger partial charge in [0.25, 0.3) is 5.91 Å². The van der Waals surface area contributed by atoms with Crippen molar-refractivity contribution >= 4 is 39.7 Å². The van der Waals surface area contributed by atoms with Crippen LogP contribution in [0.25, 0.3) is 10.9 Å². The summed E-state index contributed by atoms with van der Waals surface area (Å²) in [6, 6.07) is 13.6. The summed E-state index contributed by atoms with van der Waals surface area (Å²) in [6.45, 7) is 3.22. The van der Waals surface area contributed by atoms with E-state index in [9.17, 15) is 4.79 Å². The molecular formula is C16H15ClN2OS. The molecule has 108 valence electrons. The molecule has 0 saturated heterocycles. The maximum atomic E-state index is 12.6. The number of nitrogens with one attached hydrogen (secondary N) is 1. The van der Waals surface area contributed by atoms with Gasteiger partial charge >= 0.3 is 0 Å². The SMILES string of the molecule is CCN(Cc1ccc(Cl)s1)C(=O)c1cc2ccccc2[nH]1. The predicted molar refractivity (Wildman–Crippen MR) is 88.0 cm³/mol. The molecule has 0 atom stereocenters. The van der Waals surface area contributed by atoms with Gasteiger partial charge in [0.1, 0.15) is 5.69 Å². The van der Waals surface area contributed by atoms with Crippen molar-refractivity contribution in [1.29, 1.82) is 0 Å². The van der Waals surface area contributed by atoms with Crippen LogP contribution in [-0.4, -0.2) is 22.3 Å². The van der Waals surface area contributed by atoms with E-state index in [0.717, 1.165) is 20.1 Å². The van der Waals surface area contributed by atoms with Gasteiger partial charge < -0.3 is 9.88 Å². The molecule has 5 heteroatoms. The Bertz CT molecular complexity index is 744. The molecule has 21 heavy (non-hydrogen) atoms. The molecule has 0 aliphatic carbocycles. The van der Waals surface area contributed by atoms with E-state index in [-0.39, 0.29) is 5.91 Å². The van der Waals surface area contributed by atoms with E-state index >= 15 is 0 Å². The van der Waals surface area contributed by atoms with Gasteiger partial charge in [-0.1, -0.05) is 29.8 Å². The molecule has 0 radical (unpaired) electrons. The van der Waals surface area contributed by atoms with E-state index in [1.807, 2.05) is 54.3 Å². The van der Waals surface area contributed by atoms with E-state index in [1.165, 1.54) is 11.3 Å². The number of nitrogens with zero attached hydrogens (tertiary/aromatic N) is 1. The number of H-pyrrole nitrogens is 1. The van der Waals surface area contributed by atoms with Crippen LogP contribution >= 0.6 is 22.9 Å². The Labute approximate surface area is 132 Å². The first-order valence-corrected chi connectivity index (χ1v) is 7.98. The lowest BCUT2D eigenvalue weighted by Crippen LogP contribution is -2.30. The second-order valence-electron chi connectivity index (χ2n) is 4.80. The number of aromatic nitrogens is 1. The molecule has 2 aromatic heterocycles. The summed E-state index contributed by atoms with van der Waals surface area (Å²) >= 11 is 7.46. The van der Waals surface area contributed by atoms with Crippen LogP contribution in [0.5, 0.6) is 0 Å². The third-order valence-corrected chi connectivity index (χ3v) is 4.62. The zero-order valence-electron chi connectivity index (χ0n) is 11.6.